The number of halogens is 2. The highest BCUT2D eigenvalue weighted by Gasteiger charge is 2.57. The van der Waals surface area contributed by atoms with E-state index in [0.717, 1.165) is 11.3 Å². The standard InChI is InChI=1S/C24H23F2N7/c1-13-15-9-18(21-16(25)7-6-8-17(21)26)30-31-22(15)24(5,23(13,3)4)19-10-27-11-20(29-19)33-12-28-14(2)32-33/h6-13H,1-5H3/t13?,24-/m1/s1. The first-order valence-electron chi connectivity index (χ1n) is 10.7. The van der Waals surface area contributed by atoms with Crippen LogP contribution < -0.4 is 0 Å². The average molecular weight is 447 g/mol. The van der Waals surface area contributed by atoms with Crippen LogP contribution in [0.1, 0.15) is 56.4 Å². The lowest BCUT2D eigenvalue weighted by Gasteiger charge is -2.40. The Labute approximate surface area is 190 Å². The summed E-state index contributed by atoms with van der Waals surface area (Å²) in [6.07, 6.45) is 4.95. The smallest absolute Gasteiger partial charge is 0.173 e. The van der Waals surface area contributed by atoms with Crippen molar-refractivity contribution in [1.29, 1.82) is 0 Å². The second kappa shape index (κ2) is 7.19. The van der Waals surface area contributed by atoms with Crippen LogP contribution in [0.3, 0.4) is 0 Å². The molecule has 0 aliphatic heterocycles. The third-order valence-electron chi connectivity index (χ3n) is 7.33. The third-order valence-corrected chi connectivity index (χ3v) is 7.33. The molecule has 1 unspecified atom stereocenters. The van der Waals surface area contributed by atoms with Crippen LogP contribution in [-0.4, -0.2) is 34.9 Å². The summed E-state index contributed by atoms with van der Waals surface area (Å²) >= 11 is 0. The van der Waals surface area contributed by atoms with Crippen LogP contribution in [0, 0.1) is 24.0 Å². The minimum atomic E-state index is -0.668. The first-order valence-corrected chi connectivity index (χ1v) is 10.7. The van der Waals surface area contributed by atoms with Gasteiger partial charge in [0.2, 0.25) is 0 Å². The summed E-state index contributed by atoms with van der Waals surface area (Å²) < 4.78 is 30.4. The summed E-state index contributed by atoms with van der Waals surface area (Å²) in [6.45, 7) is 10.2. The first-order chi connectivity index (χ1) is 15.6. The van der Waals surface area contributed by atoms with E-state index in [0.29, 0.717) is 17.3 Å². The minimum Gasteiger partial charge on any atom is -0.259 e. The Morgan fingerprint density at radius 2 is 1.76 bits per heavy atom. The maximum Gasteiger partial charge on any atom is 0.173 e. The molecule has 0 radical (unpaired) electrons. The van der Waals surface area contributed by atoms with E-state index in [4.69, 9.17) is 4.98 Å². The molecule has 7 nitrogen and oxygen atoms in total. The van der Waals surface area contributed by atoms with E-state index in [2.05, 4.69) is 53.0 Å². The Balaban J connectivity index is 1.68. The minimum absolute atomic E-state index is 0.0145. The van der Waals surface area contributed by atoms with Gasteiger partial charge in [0.25, 0.3) is 0 Å². The molecule has 3 aromatic heterocycles. The van der Waals surface area contributed by atoms with Crippen molar-refractivity contribution in [3.05, 3.63) is 77.4 Å². The molecular formula is C24H23F2N7. The van der Waals surface area contributed by atoms with Gasteiger partial charge < -0.3 is 0 Å². The van der Waals surface area contributed by atoms with Crippen molar-refractivity contribution in [2.24, 2.45) is 5.41 Å². The topological polar surface area (TPSA) is 82.3 Å². The van der Waals surface area contributed by atoms with Gasteiger partial charge in [0, 0.05) is 6.20 Å². The molecule has 9 heteroatoms. The molecule has 3 heterocycles. The van der Waals surface area contributed by atoms with Crippen LogP contribution in [0.2, 0.25) is 0 Å². The van der Waals surface area contributed by atoms with Crippen molar-refractivity contribution in [3.63, 3.8) is 0 Å². The molecule has 0 saturated heterocycles. The number of fused-ring (bicyclic) bond motifs is 1. The molecule has 1 aliphatic carbocycles. The second-order valence-electron chi connectivity index (χ2n) is 9.20. The zero-order chi connectivity index (χ0) is 23.5. The molecule has 33 heavy (non-hydrogen) atoms. The number of rotatable bonds is 3. The molecule has 0 fully saturated rings. The van der Waals surface area contributed by atoms with E-state index in [9.17, 15) is 8.78 Å². The van der Waals surface area contributed by atoms with Crippen LogP contribution in [0.25, 0.3) is 17.1 Å². The van der Waals surface area contributed by atoms with Gasteiger partial charge in [-0.05, 0) is 48.9 Å². The van der Waals surface area contributed by atoms with Crippen molar-refractivity contribution < 1.29 is 8.78 Å². The first kappa shape index (κ1) is 21.2. The Hall–Kier alpha value is -3.62. The molecular weight excluding hydrogens is 424 g/mol. The van der Waals surface area contributed by atoms with Crippen LogP contribution in [0.5, 0.6) is 0 Å². The van der Waals surface area contributed by atoms with Crippen molar-refractivity contribution in [2.45, 2.75) is 46.0 Å². The number of nitrogens with zero attached hydrogens (tertiary/aromatic N) is 7. The van der Waals surface area contributed by atoms with Gasteiger partial charge in [-0.2, -0.15) is 10.2 Å². The lowest BCUT2D eigenvalue weighted by atomic mass is 9.63. The molecule has 0 bridgehead atoms. The van der Waals surface area contributed by atoms with Crippen LogP contribution in [-0.2, 0) is 5.41 Å². The monoisotopic (exact) mass is 447 g/mol. The van der Waals surface area contributed by atoms with Gasteiger partial charge in [-0.15, -0.1) is 5.10 Å². The number of aromatic nitrogens is 7. The second-order valence-corrected chi connectivity index (χ2v) is 9.20. The lowest BCUT2D eigenvalue weighted by Crippen LogP contribution is -2.39. The SMILES string of the molecule is Cc1ncn(-c2cncc([C@]3(C)c4nnc(-c5c(F)cccc5F)cc4C(C)C3(C)C)n2)n1. The average Bonchev–Trinajstić information content (AvgIpc) is 3.29. The molecule has 0 N–H and O–H groups in total. The summed E-state index contributed by atoms with van der Waals surface area (Å²) in [6, 6.07) is 5.52. The van der Waals surface area contributed by atoms with Gasteiger partial charge >= 0.3 is 0 Å². The molecule has 1 aliphatic rings. The van der Waals surface area contributed by atoms with E-state index >= 15 is 0 Å². The summed E-state index contributed by atoms with van der Waals surface area (Å²) in [7, 11) is 0. The maximum absolute atomic E-state index is 14.4. The van der Waals surface area contributed by atoms with Crippen molar-refractivity contribution >= 4 is 0 Å². The fourth-order valence-corrected chi connectivity index (χ4v) is 4.73. The fraction of sp³-hybridized carbons (Fsp3) is 0.333. The van der Waals surface area contributed by atoms with Gasteiger partial charge in [0.1, 0.15) is 23.8 Å². The molecule has 0 spiro atoms. The highest BCUT2D eigenvalue weighted by Crippen LogP contribution is 2.60. The van der Waals surface area contributed by atoms with Crippen molar-refractivity contribution in [3.8, 4) is 17.1 Å². The maximum atomic E-state index is 14.4. The van der Waals surface area contributed by atoms with Crippen LogP contribution in [0.15, 0.2) is 43.0 Å². The van der Waals surface area contributed by atoms with E-state index < -0.39 is 17.0 Å². The van der Waals surface area contributed by atoms with E-state index in [-0.39, 0.29) is 22.6 Å². The molecule has 2 atom stereocenters. The van der Waals surface area contributed by atoms with Gasteiger partial charge in [0.15, 0.2) is 5.82 Å². The van der Waals surface area contributed by atoms with Crippen molar-refractivity contribution in [2.75, 3.05) is 0 Å². The van der Waals surface area contributed by atoms with Crippen LogP contribution in [0.4, 0.5) is 8.78 Å². The molecule has 0 saturated carbocycles. The largest absolute Gasteiger partial charge is 0.259 e. The zero-order valence-corrected chi connectivity index (χ0v) is 19.0. The molecule has 5 rings (SSSR count). The Bertz CT molecular complexity index is 1360. The van der Waals surface area contributed by atoms with Gasteiger partial charge in [-0.25, -0.2) is 23.4 Å². The highest BCUT2D eigenvalue weighted by atomic mass is 19.1. The van der Waals surface area contributed by atoms with E-state index in [1.165, 1.54) is 18.2 Å². The van der Waals surface area contributed by atoms with Crippen molar-refractivity contribution in [1.82, 2.24) is 34.9 Å². The molecule has 4 aromatic rings. The van der Waals surface area contributed by atoms with Gasteiger partial charge in [0.05, 0.1) is 34.3 Å². The van der Waals surface area contributed by atoms with Gasteiger partial charge in [-0.3, -0.25) is 4.98 Å². The fourth-order valence-electron chi connectivity index (χ4n) is 4.73. The lowest BCUT2D eigenvalue weighted by molar-refractivity contribution is 0.201. The number of benzene rings is 1. The highest BCUT2D eigenvalue weighted by molar-refractivity contribution is 5.63. The number of hydrogen-bond donors (Lipinski definition) is 0. The Morgan fingerprint density at radius 1 is 1.03 bits per heavy atom. The predicted molar refractivity (Wildman–Crippen MR) is 118 cm³/mol. The third kappa shape index (κ3) is 2.98. The summed E-state index contributed by atoms with van der Waals surface area (Å²) in [5.74, 6) is -0.144. The summed E-state index contributed by atoms with van der Waals surface area (Å²) in [4.78, 5) is 13.4. The number of aryl methyl sites for hydroxylation is 1. The number of hydrogen-bond acceptors (Lipinski definition) is 6. The van der Waals surface area contributed by atoms with Gasteiger partial charge in [-0.1, -0.05) is 26.8 Å². The molecule has 0 amide bonds. The normalized spacial score (nSPS) is 21.2. The quantitative estimate of drug-likeness (QED) is 0.458. The Morgan fingerprint density at radius 3 is 2.42 bits per heavy atom. The summed E-state index contributed by atoms with van der Waals surface area (Å²) in [5.41, 5.74) is 1.33. The van der Waals surface area contributed by atoms with E-state index in [1.54, 1.807) is 36.4 Å². The molecule has 1 aromatic carbocycles. The zero-order valence-electron chi connectivity index (χ0n) is 19.0. The molecule has 168 valence electrons. The van der Waals surface area contributed by atoms with Crippen LogP contribution >= 0.6 is 0 Å². The predicted octanol–water partition coefficient (Wildman–Crippen LogP) is 4.55. The van der Waals surface area contributed by atoms with E-state index in [1.807, 2.05) is 0 Å². The summed E-state index contributed by atoms with van der Waals surface area (Å²) in [5, 5.41) is 13.1. The Kier molecular flexibility index (Phi) is 4.63.